The first-order valence-electron chi connectivity index (χ1n) is 9.35. The number of esters is 3. The van der Waals surface area contributed by atoms with Gasteiger partial charge in [0.1, 0.15) is 5.75 Å². The van der Waals surface area contributed by atoms with Crippen molar-refractivity contribution in [3.8, 4) is 5.75 Å². The monoisotopic (exact) mass is 411 g/mol. The Bertz CT molecular complexity index is 994. The molecule has 0 atom stereocenters. The summed E-state index contributed by atoms with van der Waals surface area (Å²) in [5.41, 5.74) is 2.06. The van der Waals surface area contributed by atoms with Gasteiger partial charge in [-0.15, -0.1) is 0 Å². The van der Waals surface area contributed by atoms with Crippen LogP contribution in [-0.4, -0.2) is 44.6 Å². The normalized spacial score (nSPS) is 12.2. The molecule has 30 heavy (non-hydrogen) atoms. The van der Waals surface area contributed by atoms with E-state index in [2.05, 4.69) is 9.47 Å². The van der Waals surface area contributed by atoms with E-state index in [1.165, 1.54) is 32.4 Å². The molecule has 2 aromatic rings. The molecule has 1 aliphatic heterocycles. The number of methoxy groups -OCH3 is 2. The Morgan fingerprint density at radius 3 is 2.07 bits per heavy atom. The summed E-state index contributed by atoms with van der Waals surface area (Å²) in [6, 6.07) is 8.90. The Kier molecular flexibility index (Phi) is 6.15. The molecule has 0 fully saturated rings. The van der Waals surface area contributed by atoms with Gasteiger partial charge < -0.3 is 19.1 Å². The molecule has 0 saturated heterocycles. The van der Waals surface area contributed by atoms with Crippen LogP contribution in [0.3, 0.4) is 0 Å². The summed E-state index contributed by atoms with van der Waals surface area (Å²) in [5, 5.41) is 0. The van der Waals surface area contributed by atoms with Gasteiger partial charge in [0.25, 0.3) is 0 Å². The maximum atomic E-state index is 12.7. The fourth-order valence-corrected chi connectivity index (χ4v) is 3.27. The van der Waals surface area contributed by atoms with Crippen LogP contribution in [0, 0.1) is 0 Å². The number of fused-ring (bicyclic) bond motifs is 1. The van der Waals surface area contributed by atoms with E-state index in [1.807, 2.05) is 0 Å². The van der Waals surface area contributed by atoms with Crippen molar-refractivity contribution in [2.45, 2.75) is 19.8 Å². The molecule has 156 valence electrons. The third-order valence-electron chi connectivity index (χ3n) is 4.77. The topological polar surface area (TPSA) is 99.2 Å². The molecule has 3 rings (SSSR count). The summed E-state index contributed by atoms with van der Waals surface area (Å²) in [7, 11) is 2.41. The smallest absolute Gasteiger partial charge is 0.343 e. The predicted molar refractivity (Wildman–Crippen MR) is 107 cm³/mol. The first-order chi connectivity index (χ1) is 14.4. The Hall–Kier alpha value is -3.68. The minimum absolute atomic E-state index is 0.00610. The minimum Gasteiger partial charge on any atom is -0.465 e. The van der Waals surface area contributed by atoms with Crippen LogP contribution in [-0.2, 0) is 20.7 Å². The van der Waals surface area contributed by atoms with Crippen LogP contribution in [0.15, 0.2) is 36.4 Å². The van der Waals surface area contributed by atoms with Crippen LogP contribution in [0.4, 0.5) is 5.69 Å². The van der Waals surface area contributed by atoms with Gasteiger partial charge in [-0.3, -0.25) is 4.79 Å². The Morgan fingerprint density at radius 2 is 1.50 bits per heavy atom. The Morgan fingerprint density at radius 1 is 0.867 bits per heavy atom. The Balaban J connectivity index is 1.86. The van der Waals surface area contributed by atoms with Crippen LogP contribution in [0.2, 0.25) is 0 Å². The number of benzene rings is 2. The molecule has 0 N–H and O–H groups in total. The third kappa shape index (κ3) is 4.17. The molecule has 0 aliphatic carbocycles. The van der Waals surface area contributed by atoms with Gasteiger partial charge in [0.15, 0.2) is 0 Å². The number of hydrogen-bond donors (Lipinski definition) is 0. The van der Waals surface area contributed by atoms with Gasteiger partial charge in [0, 0.05) is 18.7 Å². The van der Waals surface area contributed by atoms with E-state index in [-0.39, 0.29) is 22.8 Å². The standard InChI is InChI=1S/C22H21NO7/c1-4-19(24)23-8-7-13-9-14(5-6-18(13)23)22(27)30-17-11-15(20(25)28-2)10-16(12-17)21(26)29-3/h5-6,9-12H,4,7-8H2,1-3H3. The molecule has 1 heterocycles. The summed E-state index contributed by atoms with van der Waals surface area (Å²) in [4.78, 5) is 50.1. The molecule has 8 nitrogen and oxygen atoms in total. The lowest BCUT2D eigenvalue weighted by molar-refractivity contribution is -0.118. The number of carbonyl (C=O) groups is 4. The number of anilines is 1. The van der Waals surface area contributed by atoms with Crippen LogP contribution in [0.1, 0.15) is 50.0 Å². The second-order valence-electron chi connectivity index (χ2n) is 6.61. The van der Waals surface area contributed by atoms with Crippen LogP contribution in [0.5, 0.6) is 5.75 Å². The van der Waals surface area contributed by atoms with Crippen molar-refractivity contribution in [2.75, 3.05) is 25.7 Å². The summed E-state index contributed by atoms with van der Waals surface area (Å²) in [5.74, 6) is -1.99. The van der Waals surface area contributed by atoms with Crippen molar-refractivity contribution in [3.63, 3.8) is 0 Å². The fraction of sp³-hybridized carbons (Fsp3) is 0.273. The lowest BCUT2D eigenvalue weighted by Gasteiger charge is -2.16. The van der Waals surface area contributed by atoms with Crippen molar-refractivity contribution >= 4 is 29.5 Å². The molecule has 1 amide bonds. The summed E-state index contributed by atoms with van der Waals surface area (Å²) >= 11 is 0. The highest BCUT2D eigenvalue weighted by Crippen LogP contribution is 2.30. The van der Waals surface area contributed by atoms with Crippen molar-refractivity contribution in [1.82, 2.24) is 0 Å². The van der Waals surface area contributed by atoms with E-state index >= 15 is 0 Å². The van der Waals surface area contributed by atoms with Crippen LogP contribution in [0.25, 0.3) is 0 Å². The van der Waals surface area contributed by atoms with E-state index < -0.39 is 17.9 Å². The summed E-state index contributed by atoms with van der Waals surface area (Å²) in [6.07, 6.45) is 1.05. The number of amides is 1. The second-order valence-corrected chi connectivity index (χ2v) is 6.61. The number of rotatable bonds is 5. The van der Waals surface area contributed by atoms with Gasteiger partial charge in [-0.25, -0.2) is 14.4 Å². The first-order valence-corrected chi connectivity index (χ1v) is 9.35. The highest BCUT2D eigenvalue weighted by atomic mass is 16.5. The highest BCUT2D eigenvalue weighted by molar-refractivity contribution is 5.99. The zero-order valence-electron chi connectivity index (χ0n) is 16.9. The maximum Gasteiger partial charge on any atom is 0.343 e. The molecule has 2 aromatic carbocycles. The average Bonchev–Trinajstić information content (AvgIpc) is 3.20. The van der Waals surface area contributed by atoms with Gasteiger partial charge in [-0.1, -0.05) is 6.92 Å². The largest absolute Gasteiger partial charge is 0.465 e. The van der Waals surface area contributed by atoms with Crippen LogP contribution < -0.4 is 9.64 Å². The summed E-state index contributed by atoms with van der Waals surface area (Å²) < 4.78 is 14.7. The first kappa shape index (κ1) is 21.0. The SMILES string of the molecule is CCC(=O)N1CCc2cc(C(=O)Oc3cc(C(=O)OC)cc(C(=O)OC)c3)ccc21. The molecule has 0 bridgehead atoms. The van der Waals surface area contributed by atoms with Gasteiger partial charge >= 0.3 is 17.9 Å². The van der Waals surface area contributed by atoms with E-state index in [0.717, 1.165) is 11.3 Å². The van der Waals surface area contributed by atoms with E-state index in [0.29, 0.717) is 24.9 Å². The average molecular weight is 411 g/mol. The van der Waals surface area contributed by atoms with Crippen molar-refractivity contribution in [3.05, 3.63) is 58.7 Å². The quantitative estimate of drug-likeness (QED) is 0.551. The van der Waals surface area contributed by atoms with Gasteiger partial charge in [0.05, 0.1) is 30.9 Å². The summed E-state index contributed by atoms with van der Waals surface area (Å²) in [6.45, 7) is 2.38. The van der Waals surface area contributed by atoms with E-state index in [1.54, 1.807) is 30.0 Å². The number of carbonyl (C=O) groups excluding carboxylic acids is 4. The van der Waals surface area contributed by atoms with Crippen LogP contribution >= 0.6 is 0 Å². The molecule has 0 unspecified atom stereocenters. The Labute approximate surface area is 173 Å². The second kappa shape index (κ2) is 8.77. The lowest BCUT2D eigenvalue weighted by Crippen LogP contribution is -2.27. The van der Waals surface area contributed by atoms with E-state index in [4.69, 9.17) is 4.74 Å². The number of ether oxygens (including phenoxy) is 3. The molecular weight excluding hydrogens is 390 g/mol. The van der Waals surface area contributed by atoms with Gasteiger partial charge in [-0.2, -0.15) is 0 Å². The zero-order valence-corrected chi connectivity index (χ0v) is 16.9. The predicted octanol–water partition coefficient (Wildman–Crippen LogP) is 2.78. The maximum absolute atomic E-state index is 12.7. The molecule has 0 saturated carbocycles. The van der Waals surface area contributed by atoms with Crippen molar-refractivity contribution in [1.29, 1.82) is 0 Å². The molecule has 0 spiro atoms. The van der Waals surface area contributed by atoms with Crippen molar-refractivity contribution < 1.29 is 33.4 Å². The minimum atomic E-state index is -0.684. The highest BCUT2D eigenvalue weighted by Gasteiger charge is 2.25. The molecule has 0 aromatic heterocycles. The molecule has 0 radical (unpaired) electrons. The molecule has 8 heteroatoms. The number of hydrogen-bond acceptors (Lipinski definition) is 7. The van der Waals surface area contributed by atoms with Crippen molar-refractivity contribution in [2.24, 2.45) is 0 Å². The van der Waals surface area contributed by atoms with Gasteiger partial charge in [0.2, 0.25) is 5.91 Å². The number of nitrogens with zero attached hydrogens (tertiary/aromatic N) is 1. The van der Waals surface area contributed by atoms with E-state index in [9.17, 15) is 19.2 Å². The lowest BCUT2D eigenvalue weighted by atomic mass is 10.1. The fourth-order valence-electron chi connectivity index (χ4n) is 3.27. The third-order valence-corrected chi connectivity index (χ3v) is 4.77. The molecule has 1 aliphatic rings. The molecular formula is C22H21NO7. The zero-order chi connectivity index (χ0) is 21.8. The van der Waals surface area contributed by atoms with Gasteiger partial charge in [-0.05, 0) is 48.4 Å².